The maximum absolute atomic E-state index is 12.5. The normalized spacial score (nSPS) is 17.0. The van der Waals surface area contributed by atoms with Crippen LogP contribution in [0.15, 0.2) is 30.3 Å². The molecule has 5 nitrogen and oxygen atoms in total. The van der Waals surface area contributed by atoms with Crippen molar-refractivity contribution in [1.82, 2.24) is 15.5 Å². The third-order valence-electron chi connectivity index (χ3n) is 3.43. The summed E-state index contributed by atoms with van der Waals surface area (Å²) in [4.78, 5) is 26.9. The monoisotopic (exact) mass is 327 g/mol. The lowest BCUT2D eigenvalue weighted by atomic mass is 9.74. The highest BCUT2D eigenvalue weighted by Crippen LogP contribution is 2.30. The van der Waals surface area contributed by atoms with Gasteiger partial charge < -0.3 is 15.5 Å². The van der Waals surface area contributed by atoms with Gasteiger partial charge in [0.1, 0.15) is 0 Å². The fourth-order valence-electron chi connectivity index (χ4n) is 2.30. The summed E-state index contributed by atoms with van der Waals surface area (Å²) in [5, 5.41) is 5.20. The lowest BCUT2D eigenvalue weighted by Crippen LogP contribution is -2.65. The Hall–Kier alpha value is -1.50. The second-order valence-electron chi connectivity index (χ2n) is 5.06. The summed E-state index contributed by atoms with van der Waals surface area (Å²) in [6, 6.07) is 9.08. The van der Waals surface area contributed by atoms with E-state index in [9.17, 15) is 9.59 Å². The summed E-state index contributed by atoms with van der Waals surface area (Å²) in [7, 11) is 3.81. The van der Waals surface area contributed by atoms with Gasteiger partial charge in [0.15, 0.2) is 10.5 Å². The molecule has 0 spiro atoms. The number of carbonyl (C=O) groups excluding carboxylic acids is 2. The zero-order valence-corrected chi connectivity index (χ0v) is 13.5. The molecule has 7 heteroatoms. The molecule has 114 valence electrons. The maximum atomic E-state index is 12.5. The highest BCUT2D eigenvalue weighted by molar-refractivity contribution is 7.80. The van der Waals surface area contributed by atoms with Gasteiger partial charge in [0.05, 0.1) is 0 Å². The fourth-order valence-corrected chi connectivity index (χ4v) is 2.49. The van der Waals surface area contributed by atoms with Crippen molar-refractivity contribution in [2.45, 2.75) is 11.8 Å². The number of rotatable bonds is 4. The van der Waals surface area contributed by atoms with Crippen LogP contribution >= 0.6 is 24.6 Å². The highest BCUT2D eigenvalue weighted by Gasteiger charge is 2.50. The molecular weight excluding hydrogens is 310 g/mol. The van der Waals surface area contributed by atoms with Crippen LogP contribution in [0.2, 0.25) is 0 Å². The van der Waals surface area contributed by atoms with Gasteiger partial charge >= 0.3 is 0 Å². The molecular formula is C14H18ClN3O2S. The molecule has 2 N–H and O–H groups in total. The summed E-state index contributed by atoms with van der Waals surface area (Å²) in [6.45, 7) is 0.614. The minimum atomic E-state index is -1.23. The van der Waals surface area contributed by atoms with Crippen molar-refractivity contribution in [3.63, 3.8) is 0 Å². The van der Waals surface area contributed by atoms with Crippen molar-refractivity contribution in [3.8, 4) is 0 Å². The van der Waals surface area contributed by atoms with Crippen LogP contribution in [0.5, 0.6) is 0 Å². The Morgan fingerprint density at radius 1 is 1.10 bits per heavy atom. The molecule has 1 aliphatic rings. The SMILES string of the molecule is CN(C)CCC1(c2ccccc2)C(=O)NC(=S)NC1=O.Cl. The molecule has 0 aromatic heterocycles. The Bertz CT molecular complexity index is 528. The van der Waals surface area contributed by atoms with Crippen LogP contribution in [-0.2, 0) is 15.0 Å². The highest BCUT2D eigenvalue weighted by atomic mass is 35.5. The Balaban J connectivity index is 0.00000220. The van der Waals surface area contributed by atoms with E-state index in [-0.39, 0.29) is 29.3 Å². The minimum absolute atomic E-state index is 0. The molecule has 1 fully saturated rings. The first kappa shape index (κ1) is 17.6. The summed E-state index contributed by atoms with van der Waals surface area (Å²) >= 11 is 4.87. The van der Waals surface area contributed by atoms with Crippen molar-refractivity contribution in [2.75, 3.05) is 20.6 Å². The van der Waals surface area contributed by atoms with Crippen LogP contribution in [0.1, 0.15) is 12.0 Å². The Kier molecular flexibility index (Phi) is 5.83. The first-order valence-electron chi connectivity index (χ1n) is 6.34. The van der Waals surface area contributed by atoms with E-state index in [4.69, 9.17) is 12.2 Å². The number of amides is 2. The maximum Gasteiger partial charge on any atom is 0.246 e. The second kappa shape index (κ2) is 6.98. The van der Waals surface area contributed by atoms with E-state index in [0.717, 1.165) is 0 Å². The molecule has 0 radical (unpaired) electrons. The topological polar surface area (TPSA) is 61.4 Å². The van der Waals surface area contributed by atoms with Gasteiger partial charge in [-0.05, 0) is 44.8 Å². The van der Waals surface area contributed by atoms with Gasteiger partial charge in [-0.3, -0.25) is 9.59 Å². The fraction of sp³-hybridized carbons (Fsp3) is 0.357. The third-order valence-corrected chi connectivity index (χ3v) is 3.63. The number of benzene rings is 1. The number of nitrogens with one attached hydrogen (secondary N) is 2. The standard InChI is InChI=1S/C14H17N3O2S.ClH/c1-17(2)9-8-14(10-6-4-3-5-7-10)11(18)15-13(20)16-12(14)19;/h3-7H,8-9H2,1-2H3,(H2,15,16,18,19,20);1H. The number of thiocarbonyl (C=S) groups is 1. The van der Waals surface area contributed by atoms with Crippen LogP contribution in [0.4, 0.5) is 0 Å². The van der Waals surface area contributed by atoms with Gasteiger partial charge in [-0.25, -0.2) is 0 Å². The molecule has 1 aromatic rings. The first-order chi connectivity index (χ1) is 9.46. The zero-order valence-electron chi connectivity index (χ0n) is 11.9. The predicted molar refractivity (Wildman–Crippen MR) is 87.4 cm³/mol. The van der Waals surface area contributed by atoms with Crippen molar-refractivity contribution < 1.29 is 9.59 Å². The van der Waals surface area contributed by atoms with E-state index >= 15 is 0 Å². The molecule has 0 unspecified atom stereocenters. The molecule has 21 heavy (non-hydrogen) atoms. The van der Waals surface area contributed by atoms with Crippen molar-refractivity contribution in [3.05, 3.63) is 35.9 Å². The van der Waals surface area contributed by atoms with Crippen molar-refractivity contribution in [2.24, 2.45) is 0 Å². The summed E-state index contributed by atoms with van der Waals surface area (Å²) in [6.07, 6.45) is 0.393. The summed E-state index contributed by atoms with van der Waals surface area (Å²) < 4.78 is 0. The molecule has 1 heterocycles. The van der Waals surface area contributed by atoms with Crippen molar-refractivity contribution in [1.29, 1.82) is 0 Å². The van der Waals surface area contributed by atoms with E-state index in [1.807, 2.05) is 37.2 Å². The largest absolute Gasteiger partial charge is 0.309 e. The first-order valence-corrected chi connectivity index (χ1v) is 6.75. The molecule has 1 aromatic carbocycles. The lowest BCUT2D eigenvalue weighted by molar-refractivity contribution is -0.138. The van der Waals surface area contributed by atoms with Gasteiger partial charge in [0.25, 0.3) is 0 Å². The van der Waals surface area contributed by atoms with Crippen LogP contribution in [0.25, 0.3) is 0 Å². The van der Waals surface area contributed by atoms with Gasteiger partial charge in [-0.1, -0.05) is 30.3 Å². The molecule has 2 amide bonds. The molecule has 0 saturated carbocycles. The van der Waals surface area contributed by atoms with E-state index in [2.05, 4.69) is 10.6 Å². The minimum Gasteiger partial charge on any atom is -0.309 e. The van der Waals surface area contributed by atoms with Gasteiger partial charge in [-0.2, -0.15) is 0 Å². The van der Waals surface area contributed by atoms with Crippen LogP contribution in [0, 0.1) is 0 Å². The van der Waals surface area contributed by atoms with E-state index in [0.29, 0.717) is 18.5 Å². The van der Waals surface area contributed by atoms with E-state index < -0.39 is 5.41 Å². The smallest absolute Gasteiger partial charge is 0.246 e. The number of nitrogens with zero attached hydrogens (tertiary/aromatic N) is 1. The number of carbonyl (C=O) groups is 2. The summed E-state index contributed by atoms with van der Waals surface area (Å²) in [5.74, 6) is -0.724. The van der Waals surface area contributed by atoms with Gasteiger partial charge in [-0.15, -0.1) is 12.4 Å². The molecule has 2 rings (SSSR count). The molecule has 0 atom stereocenters. The molecule has 0 bridgehead atoms. The van der Waals surface area contributed by atoms with Crippen LogP contribution in [-0.4, -0.2) is 42.5 Å². The Morgan fingerprint density at radius 2 is 1.62 bits per heavy atom. The van der Waals surface area contributed by atoms with E-state index in [1.54, 1.807) is 12.1 Å². The van der Waals surface area contributed by atoms with Crippen LogP contribution < -0.4 is 10.6 Å². The van der Waals surface area contributed by atoms with Gasteiger partial charge in [0, 0.05) is 0 Å². The average molecular weight is 328 g/mol. The van der Waals surface area contributed by atoms with Crippen molar-refractivity contribution >= 4 is 41.6 Å². The van der Waals surface area contributed by atoms with Crippen LogP contribution in [0.3, 0.4) is 0 Å². The van der Waals surface area contributed by atoms with E-state index in [1.165, 1.54) is 0 Å². The Morgan fingerprint density at radius 3 is 2.10 bits per heavy atom. The molecule has 1 aliphatic heterocycles. The molecule has 1 saturated heterocycles. The molecule has 0 aliphatic carbocycles. The third kappa shape index (κ3) is 3.40. The number of hydrogen-bond acceptors (Lipinski definition) is 4. The Labute approximate surface area is 135 Å². The lowest BCUT2D eigenvalue weighted by Gasteiger charge is -2.36. The number of hydrogen-bond donors (Lipinski definition) is 2. The quantitative estimate of drug-likeness (QED) is 0.635. The van der Waals surface area contributed by atoms with Gasteiger partial charge in [0.2, 0.25) is 11.8 Å². The summed E-state index contributed by atoms with van der Waals surface area (Å²) in [5.41, 5.74) is -0.548. The second-order valence-corrected chi connectivity index (χ2v) is 5.47. The number of halogens is 1. The predicted octanol–water partition coefficient (Wildman–Crippen LogP) is 0.829. The average Bonchev–Trinajstić information content (AvgIpc) is 2.39. The zero-order chi connectivity index (χ0) is 14.8.